The summed E-state index contributed by atoms with van der Waals surface area (Å²) in [4.78, 5) is 17.1. The van der Waals surface area contributed by atoms with Crippen molar-refractivity contribution < 1.29 is 17.9 Å². The Balaban J connectivity index is 0.000000560. The van der Waals surface area contributed by atoms with Gasteiger partial charge in [-0.05, 0) is 51.2 Å². The number of pyridine rings is 1. The lowest BCUT2D eigenvalue weighted by atomic mass is 9.81. The van der Waals surface area contributed by atoms with Gasteiger partial charge in [-0.25, -0.2) is 9.97 Å². The van der Waals surface area contributed by atoms with Crippen LogP contribution >= 0.6 is 0 Å². The highest BCUT2D eigenvalue weighted by Gasteiger charge is 2.30. The van der Waals surface area contributed by atoms with E-state index in [-0.39, 0.29) is 6.10 Å². The summed E-state index contributed by atoms with van der Waals surface area (Å²) in [5.41, 5.74) is 5.41. The highest BCUT2D eigenvalue weighted by molar-refractivity contribution is 5.80. The van der Waals surface area contributed by atoms with E-state index in [1.165, 1.54) is 43.4 Å². The Bertz CT molecular complexity index is 1160. The lowest BCUT2D eigenvalue weighted by Crippen LogP contribution is -2.39. The van der Waals surface area contributed by atoms with Gasteiger partial charge in [0.15, 0.2) is 5.65 Å². The summed E-state index contributed by atoms with van der Waals surface area (Å²) in [6.07, 6.45) is 10.3. The van der Waals surface area contributed by atoms with Crippen molar-refractivity contribution in [3.05, 3.63) is 41.0 Å². The number of hydrogen-bond acceptors (Lipinski definition) is 6. The highest BCUT2D eigenvalue weighted by Crippen LogP contribution is 2.39. The van der Waals surface area contributed by atoms with Crippen LogP contribution in [0, 0.1) is 13.8 Å². The number of halogens is 3. The maximum Gasteiger partial charge on any atom is 0.379 e. The number of fused-ring (bicyclic) bond motifs is 1. The van der Waals surface area contributed by atoms with Crippen LogP contribution in [0.2, 0.25) is 0 Å². The molecular weight excluding hydrogens is 445 g/mol. The number of aromatic nitrogens is 5. The van der Waals surface area contributed by atoms with Crippen molar-refractivity contribution in [2.45, 2.75) is 70.7 Å². The molecule has 0 spiro atoms. The molecule has 182 valence electrons. The first-order valence-electron chi connectivity index (χ1n) is 11.9. The van der Waals surface area contributed by atoms with E-state index in [0.29, 0.717) is 18.6 Å². The SMILES string of the molecule is Cc1cc2c(C3CCC3)nc(N3CCO[C@H](c4cnn(C5CC5)c4)C3)nc2nc1C.FC(F)F. The van der Waals surface area contributed by atoms with Crippen LogP contribution in [0.5, 0.6) is 0 Å². The number of anilines is 1. The average molecular weight is 475 g/mol. The van der Waals surface area contributed by atoms with Crippen molar-refractivity contribution in [1.82, 2.24) is 24.7 Å². The van der Waals surface area contributed by atoms with Crippen LogP contribution in [0.25, 0.3) is 11.0 Å². The molecule has 7 nitrogen and oxygen atoms in total. The summed E-state index contributed by atoms with van der Waals surface area (Å²) < 4.78 is 37.2. The largest absolute Gasteiger partial charge is 0.379 e. The van der Waals surface area contributed by atoms with E-state index < -0.39 is 6.68 Å². The van der Waals surface area contributed by atoms with Crippen LogP contribution in [-0.2, 0) is 4.74 Å². The summed E-state index contributed by atoms with van der Waals surface area (Å²) in [5.74, 6) is 1.33. The summed E-state index contributed by atoms with van der Waals surface area (Å²) in [6, 6.07) is 2.81. The molecule has 3 aliphatic rings. The Morgan fingerprint density at radius 1 is 1.06 bits per heavy atom. The Morgan fingerprint density at radius 2 is 1.82 bits per heavy atom. The van der Waals surface area contributed by atoms with E-state index in [1.54, 1.807) is 0 Å². The fourth-order valence-corrected chi connectivity index (χ4v) is 4.48. The van der Waals surface area contributed by atoms with Gasteiger partial charge in [0.2, 0.25) is 5.95 Å². The molecule has 2 saturated carbocycles. The van der Waals surface area contributed by atoms with Crippen molar-refractivity contribution in [3.8, 4) is 0 Å². The highest BCUT2D eigenvalue weighted by atomic mass is 19.4. The third kappa shape index (κ3) is 4.87. The number of morpholine rings is 1. The van der Waals surface area contributed by atoms with E-state index in [9.17, 15) is 13.2 Å². The molecule has 34 heavy (non-hydrogen) atoms. The molecule has 0 N–H and O–H groups in total. The van der Waals surface area contributed by atoms with Crippen LogP contribution in [0.1, 0.15) is 72.7 Å². The molecule has 3 aromatic heterocycles. The first-order chi connectivity index (χ1) is 16.4. The molecule has 6 rings (SSSR count). The molecular formula is C24H29F3N6O. The zero-order valence-corrected chi connectivity index (χ0v) is 19.4. The van der Waals surface area contributed by atoms with Crippen LogP contribution in [-0.4, -0.2) is 51.1 Å². The number of hydrogen-bond donors (Lipinski definition) is 0. The second-order valence-electron chi connectivity index (χ2n) is 9.34. The van der Waals surface area contributed by atoms with Crippen molar-refractivity contribution in [2.75, 3.05) is 24.6 Å². The predicted octanol–water partition coefficient (Wildman–Crippen LogP) is 5.20. The number of ether oxygens (including phenoxy) is 1. The van der Waals surface area contributed by atoms with E-state index in [4.69, 9.17) is 19.7 Å². The predicted molar refractivity (Wildman–Crippen MR) is 122 cm³/mol. The first kappa shape index (κ1) is 23.0. The van der Waals surface area contributed by atoms with E-state index >= 15 is 0 Å². The van der Waals surface area contributed by atoms with Crippen molar-refractivity contribution in [1.29, 1.82) is 0 Å². The number of aryl methyl sites for hydroxylation is 2. The van der Waals surface area contributed by atoms with Crippen LogP contribution in [0.3, 0.4) is 0 Å². The van der Waals surface area contributed by atoms with Crippen LogP contribution < -0.4 is 4.90 Å². The molecule has 0 amide bonds. The molecule has 4 heterocycles. The molecule has 0 unspecified atom stereocenters. The van der Waals surface area contributed by atoms with Crippen LogP contribution in [0.4, 0.5) is 19.1 Å². The third-order valence-corrected chi connectivity index (χ3v) is 6.90. The van der Waals surface area contributed by atoms with E-state index in [2.05, 4.69) is 40.8 Å². The quantitative estimate of drug-likeness (QED) is 0.518. The van der Waals surface area contributed by atoms with Gasteiger partial charge in [0.05, 0.1) is 31.1 Å². The van der Waals surface area contributed by atoms with Gasteiger partial charge in [0.1, 0.15) is 6.10 Å². The fourth-order valence-electron chi connectivity index (χ4n) is 4.48. The van der Waals surface area contributed by atoms with E-state index in [1.807, 2.05) is 6.20 Å². The Labute approximate surface area is 196 Å². The van der Waals surface area contributed by atoms with Crippen molar-refractivity contribution >= 4 is 17.0 Å². The standard InChI is InChI=1S/C23H28N6O.CHF3/c1-14-10-19-21(16-4-3-5-16)26-23(27-22(19)25-15(14)2)28-8-9-30-20(13-28)17-11-24-29(12-17)18-6-7-18;2-1(3)4/h10-12,16,18,20H,3-9,13H2,1-2H3;1H/t20-;/m0./s1. The lowest BCUT2D eigenvalue weighted by Gasteiger charge is -2.33. The molecule has 1 aliphatic heterocycles. The maximum atomic E-state index is 9.67. The zero-order valence-electron chi connectivity index (χ0n) is 19.4. The maximum absolute atomic E-state index is 9.67. The third-order valence-electron chi connectivity index (χ3n) is 6.90. The lowest BCUT2D eigenvalue weighted by molar-refractivity contribution is 0.00819. The van der Waals surface area contributed by atoms with Gasteiger partial charge < -0.3 is 9.64 Å². The molecule has 10 heteroatoms. The van der Waals surface area contributed by atoms with Gasteiger partial charge >= 0.3 is 6.68 Å². The Hall–Kier alpha value is -2.75. The molecule has 0 aromatic carbocycles. The second kappa shape index (κ2) is 9.48. The first-order valence-corrected chi connectivity index (χ1v) is 11.9. The average Bonchev–Trinajstić information content (AvgIpc) is 3.50. The Morgan fingerprint density at radius 3 is 2.50 bits per heavy atom. The minimum absolute atomic E-state index is 0.00501. The Kier molecular flexibility index (Phi) is 6.42. The van der Waals surface area contributed by atoms with Gasteiger partial charge in [-0.2, -0.15) is 23.3 Å². The van der Waals surface area contributed by atoms with Gasteiger partial charge in [-0.1, -0.05) is 6.42 Å². The molecule has 0 radical (unpaired) electrons. The van der Waals surface area contributed by atoms with Crippen molar-refractivity contribution in [2.24, 2.45) is 0 Å². The fraction of sp³-hybridized carbons (Fsp3) is 0.583. The van der Waals surface area contributed by atoms with Gasteiger partial charge in [-0.15, -0.1) is 0 Å². The number of rotatable bonds is 4. The number of alkyl halides is 3. The molecule has 3 aromatic rings. The summed E-state index contributed by atoms with van der Waals surface area (Å²) in [6.45, 7) is 2.72. The second-order valence-corrected chi connectivity index (χ2v) is 9.34. The van der Waals surface area contributed by atoms with Gasteiger partial charge in [-0.3, -0.25) is 4.68 Å². The monoisotopic (exact) mass is 474 g/mol. The smallest absolute Gasteiger partial charge is 0.370 e. The summed E-state index contributed by atoms with van der Waals surface area (Å²) in [5, 5.41) is 5.67. The molecule has 3 fully saturated rings. The molecule has 2 aliphatic carbocycles. The normalized spacial score (nSPS) is 20.9. The van der Waals surface area contributed by atoms with E-state index in [0.717, 1.165) is 41.3 Å². The minimum atomic E-state index is -3.67. The van der Waals surface area contributed by atoms with Gasteiger partial charge in [0.25, 0.3) is 0 Å². The summed E-state index contributed by atoms with van der Waals surface area (Å²) >= 11 is 0. The molecule has 1 saturated heterocycles. The topological polar surface area (TPSA) is 69.0 Å². The molecule has 1 atom stereocenters. The summed E-state index contributed by atoms with van der Waals surface area (Å²) in [7, 11) is 0. The number of nitrogens with zero attached hydrogens (tertiary/aromatic N) is 6. The minimum Gasteiger partial charge on any atom is -0.370 e. The van der Waals surface area contributed by atoms with Gasteiger partial charge in [0, 0.05) is 35.3 Å². The zero-order chi connectivity index (χ0) is 23.8. The van der Waals surface area contributed by atoms with Crippen molar-refractivity contribution in [3.63, 3.8) is 0 Å². The van der Waals surface area contributed by atoms with Crippen LogP contribution in [0.15, 0.2) is 18.5 Å². The molecule has 0 bridgehead atoms.